The van der Waals surface area contributed by atoms with Gasteiger partial charge in [-0.15, -0.1) is 0 Å². The van der Waals surface area contributed by atoms with Crippen LogP contribution in [0.2, 0.25) is 5.02 Å². The van der Waals surface area contributed by atoms with Gasteiger partial charge in [-0.3, -0.25) is 9.59 Å². The largest absolute Gasteiger partial charge is 0.356 e. The van der Waals surface area contributed by atoms with Gasteiger partial charge in [-0.05, 0) is 24.1 Å². The van der Waals surface area contributed by atoms with Crippen molar-refractivity contribution >= 4 is 23.4 Å². The number of amides is 2. The first-order chi connectivity index (χ1) is 8.61. The predicted octanol–water partition coefficient (Wildman–Crippen LogP) is 1.87. The van der Waals surface area contributed by atoms with E-state index in [2.05, 4.69) is 10.6 Å². The fourth-order valence-corrected chi connectivity index (χ4v) is 1.46. The molecule has 0 aliphatic heterocycles. The molecule has 98 valence electrons. The standard InChI is InChI=1S/C13H17ClN2O2/c1-2-7-15-12(17)8-13(18)16-9-10-3-5-11(14)6-4-10/h3-6H,2,7-9H2,1H3,(H,15,17)(H,16,18). The molecule has 0 heterocycles. The Morgan fingerprint density at radius 3 is 2.33 bits per heavy atom. The molecule has 0 bridgehead atoms. The highest BCUT2D eigenvalue weighted by molar-refractivity contribution is 6.30. The first-order valence-electron chi connectivity index (χ1n) is 5.89. The molecule has 1 rings (SSSR count). The second-order valence-electron chi connectivity index (χ2n) is 3.93. The number of rotatable bonds is 6. The number of benzene rings is 1. The molecule has 0 unspecified atom stereocenters. The van der Waals surface area contributed by atoms with Crippen LogP contribution in [0.25, 0.3) is 0 Å². The second-order valence-corrected chi connectivity index (χ2v) is 4.37. The Labute approximate surface area is 112 Å². The molecule has 0 aromatic heterocycles. The van der Waals surface area contributed by atoms with Crippen LogP contribution < -0.4 is 10.6 Å². The molecule has 0 aliphatic carbocycles. The van der Waals surface area contributed by atoms with Crippen molar-refractivity contribution in [1.29, 1.82) is 0 Å². The summed E-state index contributed by atoms with van der Waals surface area (Å²) in [5.41, 5.74) is 0.946. The highest BCUT2D eigenvalue weighted by atomic mass is 35.5. The monoisotopic (exact) mass is 268 g/mol. The Bertz CT molecular complexity index is 404. The number of halogens is 1. The van der Waals surface area contributed by atoms with E-state index >= 15 is 0 Å². The van der Waals surface area contributed by atoms with Gasteiger partial charge in [0.1, 0.15) is 6.42 Å². The first-order valence-corrected chi connectivity index (χ1v) is 6.27. The number of hydrogen-bond acceptors (Lipinski definition) is 2. The van der Waals surface area contributed by atoms with Crippen molar-refractivity contribution in [3.05, 3.63) is 34.9 Å². The first kappa shape index (κ1) is 14.5. The Morgan fingerprint density at radius 2 is 1.72 bits per heavy atom. The molecule has 0 saturated carbocycles. The molecule has 4 nitrogen and oxygen atoms in total. The van der Waals surface area contributed by atoms with Crippen LogP contribution in [0.15, 0.2) is 24.3 Å². The fourth-order valence-electron chi connectivity index (χ4n) is 1.34. The van der Waals surface area contributed by atoms with E-state index in [4.69, 9.17) is 11.6 Å². The van der Waals surface area contributed by atoms with Crippen molar-refractivity contribution in [2.75, 3.05) is 6.54 Å². The maximum absolute atomic E-state index is 11.5. The normalized spacial score (nSPS) is 9.89. The van der Waals surface area contributed by atoms with Crippen molar-refractivity contribution in [1.82, 2.24) is 10.6 Å². The zero-order chi connectivity index (χ0) is 13.4. The van der Waals surface area contributed by atoms with Gasteiger partial charge in [0.2, 0.25) is 11.8 Å². The number of carbonyl (C=O) groups excluding carboxylic acids is 2. The van der Waals surface area contributed by atoms with Crippen LogP contribution in [0.5, 0.6) is 0 Å². The Kier molecular flexibility index (Phi) is 6.22. The highest BCUT2D eigenvalue weighted by Gasteiger charge is 2.07. The van der Waals surface area contributed by atoms with E-state index in [9.17, 15) is 9.59 Å². The third-order valence-electron chi connectivity index (χ3n) is 2.30. The van der Waals surface area contributed by atoms with Gasteiger partial charge in [-0.25, -0.2) is 0 Å². The molecule has 2 N–H and O–H groups in total. The quantitative estimate of drug-likeness (QED) is 0.774. The summed E-state index contributed by atoms with van der Waals surface area (Å²) < 4.78 is 0. The number of carbonyl (C=O) groups is 2. The molecule has 5 heteroatoms. The average Bonchev–Trinajstić information content (AvgIpc) is 2.35. The van der Waals surface area contributed by atoms with Crippen LogP contribution in [-0.2, 0) is 16.1 Å². The van der Waals surface area contributed by atoms with Gasteiger partial charge >= 0.3 is 0 Å². The molecule has 0 aliphatic rings. The molecular formula is C13H17ClN2O2. The Balaban J connectivity index is 2.28. The van der Waals surface area contributed by atoms with E-state index in [1.165, 1.54) is 0 Å². The molecule has 1 aromatic carbocycles. The van der Waals surface area contributed by atoms with Crippen LogP contribution in [0, 0.1) is 0 Å². The van der Waals surface area contributed by atoms with E-state index in [1.54, 1.807) is 12.1 Å². The van der Waals surface area contributed by atoms with Gasteiger partial charge in [0.25, 0.3) is 0 Å². The highest BCUT2D eigenvalue weighted by Crippen LogP contribution is 2.09. The zero-order valence-corrected chi connectivity index (χ0v) is 11.1. The van der Waals surface area contributed by atoms with Gasteiger partial charge in [0.15, 0.2) is 0 Å². The van der Waals surface area contributed by atoms with Crippen LogP contribution >= 0.6 is 11.6 Å². The molecule has 18 heavy (non-hydrogen) atoms. The molecule has 0 spiro atoms. The van der Waals surface area contributed by atoms with Gasteiger partial charge in [0.05, 0.1) is 0 Å². The minimum atomic E-state index is -0.279. The lowest BCUT2D eigenvalue weighted by atomic mass is 10.2. The van der Waals surface area contributed by atoms with E-state index in [-0.39, 0.29) is 18.2 Å². The average molecular weight is 269 g/mol. The summed E-state index contributed by atoms with van der Waals surface area (Å²) in [5.74, 6) is -0.524. The Hall–Kier alpha value is -1.55. The fraction of sp³-hybridized carbons (Fsp3) is 0.385. The van der Waals surface area contributed by atoms with Gasteiger partial charge in [-0.2, -0.15) is 0 Å². The molecule has 0 fully saturated rings. The summed E-state index contributed by atoms with van der Waals surface area (Å²) in [6, 6.07) is 7.19. The van der Waals surface area contributed by atoms with Crippen LogP contribution in [0.3, 0.4) is 0 Å². The Morgan fingerprint density at radius 1 is 1.11 bits per heavy atom. The molecule has 0 radical (unpaired) electrons. The molecule has 0 saturated heterocycles. The van der Waals surface area contributed by atoms with Crippen LogP contribution in [-0.4, -0.2) is 18.4 Å². The predicted molar refractivity (Wildman–Crippen MR) is 71.2 cm³/mol. The van der Waals surface area contributed by atoms with Gasteiger partial charge in [0, 0.05) is 18.1 Å². The maximum Gasteiger partial charge on any atom is 0.229 e. The smallest absolute Gasteiger partial charge is 0.229 e. The molecule has 0 atom stereocenters. The van der Waals surface area contributed by atoms with Gasteiger partial charge in [-0.1, -0.05) is 30.7 Å². The second kappa shape index (κ2) is 7.71. The van der Waals surface area contributed by atoms with Crippen molar-refractivity contribution in [3.63, 3.8) is 0 Å². The van der Waals surface area contributed by atoms with E-state index in [0.717, 1.165) is 12.0 Å². The van der Waals surface area contributed by atoms with Crippen molar-refractivity contribution in [2.24, 2.45) is 0 Å². The third-order valence-corrected chi connectivity index (χ3v) is 2.55. The maximum atomic E-state index is 11.5. The number of hydrogen-bond donors (Lipinski definition) is 2. The molecule has 1 aromatic rings. The number of nitrogens with one attached hydrogen (secondary N) is 2. The third kappa shape index (κ3) is 5.68. The lowest BCUT2D eigenvalue weighted by Gasteiger charge is -2.06. The van der Waals surface area contributed by atoms with Crippen LogP contribution in [0.1, 0.15) is 25.3 Å². The zero-order valence-electron chi connectivity index (χ0n) is 10.3. The van der Waals surface area contributed by atoms with E-state index in [0.29, 0.717) is 18.1 Å². The molecular weight excluding hydrogens is 252 g/mol. The van der Waals surface area contributed by atoms with Crippen LogP contribution in [0.4, 0.5) is 0 Å². The summed E-state index contributed by atoms with van der Waals surface area (Å²) >= 11 is 5.75. The minimum Gasteiger partial charge on any atom is -0.356 e. The van der Waals surface area contributed by atoms with E-state index in [1.807, 2.05) is 19.1 Å². The van der Waals surface area contributed by atoms with Crippen molar-refractivity contribution in [2.45, 2.75) is 26.3 Å². The topological polar surface area (TPSA) is 58.2 Å². The summed E-state index contributed by atoms with van der Waals surface area (Å²) in [7, 11) is 0. The molecule has 2 amide bonds. The van der Waals surface area contributed by atoms with Crippen molar-refractivity contribution in [3.8, 4) is 0 Å². The minimum absolute atomic E-state index is 0.131. The summed E-state index contributed by atoms with van der Waals surface area (Å²) in [6.07, 6.45) is 0.728. The summed E-state index contributed by atoms with van der Waals surface area (Å²) in [4.78, 5) is 22.7. The SMILES string of the molecule is CCCNC(=O)CC(=O)NCc1ccc(Cl)cc1. The summed E-state index contributed by atoms with van der Waals surface area (Å²) in [5, 5.41) is 5.99. The summed E-state index contributed by atoms with van der Waals surface area (Å²) in [6.45, 7) is 2.96. The van der Waals surface area contributed by atoms with E-state index < -0.39 is 0 Å². The lowest BCUT2D eigenvalue weighted by molar-refractivity contribution is -0.129. The van der Waals surface area contributed by atoms with Gasteiger partial charge < -0.3 is 10.6 Å². The lowest BCUT2D eigenvalue weighted by Crippen LogP contribution is -2.31. The van der Waals surface area contributed by atoms with Crippen molar-refractivity contribution < 1.29 is 9.59 Å².